The SMILES string of the molecule is CCCCCCCCCCC(CC)OC(=O)CCCCCCC. The van der Waals surface area contributed by atoms with Gasteiger partial charge in [0.2, 0.25) is 0 Å². The highest BCUT2D eigenvalue weighted by molar-refractivity contribution is 5.69. The summed E-state index contributed by atoms with van der Waals surface area (Å²) in [5.74, 6) is 0.0212. The zero-order chi connectivity index (χ0) is 17.2. The molecule has 138 valence electrons. The van der Waals surface area contributed by atoms with Crippen LogP contribution in [-0.4, -0.2) is 12.1 Å². The number of hydrogen-bond acceptors (Lipinski definition) is 2. The third kappa shape index (κ3) is 16.1. The van der Waals surface area contributed by atoms with Crippen molar-refractivity contribution in [3.05, 3.63) is 0 Å². The second-order valence-electron chi connectivity index (χ2n) is 6.95. The second-order valence-corrected chi connectivity index (χ2v) is 6.95. The van der Waals surface area contributed by atoms with Crippen molar-refractivity contribution in [2.24, 2.45) is 0 Å². The Balaban J connectivity index is 3.51. The van der Waals surface area contributed by atoms with Crippen molar-refractivity contribution in [3.63, 3.8) is 0 Å². The third-order valence-electron chi connectivity index (χ3n) is 4.62. The lowest BCUT2D eigenvalue weighted by Gasteiger charge is -2.16. The Morgan fingerprint density at radius 2 is 1.17 bits per heavy atom. The summed E-state index contributed by atoms with van der Waals surface area (Å²) in [4.78, 5) is 11.9. The number of rotatable bonds is 17. The standard InChI is InChI=1S/C21H42O2/c1-4-7-9-11-12-13-15-16-18-20(6-3)23-21(22)19-17-14-10-8-5-2/h20H,4-19H2,1-3H3. The summed E-state index contributed by atoms with van der Waals surface area (Å²) in [6.07, 6.45) is 19.4. The molecule has 0 amide bonds. The van der Waals surface area contributed by atoms with Crippen LogP contribution in [0.5, 0.6) is 0 Å². The van der Waals surface area contributed by atoms with Crippen LogP contribution in [0.3, 0.4) is 0 Å². The zero-order valence-electron chi connectivity index (χ0n) is 16.2. The molecule has 0 fully saturated rings. The Labute approximate surface area is 145 Å². The van der Waals surface area contributed by atoms with E-state index < -0.39 is 0 Å². The van der Waals surface area contributed by atoms with Crippen molar-refractivity contribution in [2.75, 3.05) is 0 Å². The molecule has 2 nitrogen and oxygen atoms in total. The average Bonchev–Trinajstić information content (AvgIpc) is 2.56. The molecule has 0 aromatic carbocycles. The van der Waals surface area contributed by atoms with E-state index in [0.717, 1.165) is 25.7 Å². The molecule has 0 bridgehead atoms. The van der Waals surface area contributed by atoms with Crippen molar-refractivity contribution >= 4 is 5.97 Å². The van der Waals surface area contributed by atoms with Crippen LogP contribution in [0.4, 0.5) is 0 Å². The van der Waals surface area contributed by atoms with Crippen LogP contribution in [0.1, 0.15) is 124 Å². The summed E-state index contributed by atoms with van der Waals surface area (Å²) in [7, 11) is 0. The van der Waals surface area contributed by atoms with Gasteiger partial charge in [-0.3, -0.25) is 4.79 Å². The number of carbonyl (C=O) groups excluding carboxylic acids is 1. The van der Waals surface area contributed by atoms with Crippen molar-refractivity contribution < 1.29 is 9.53 Å². The summed E-state index contributed by atoms with van der Waals surface area (Å²) >= 11 is 0. The molecule has 0 spiro atoms. The van der Waals surface area contributed by atoms with E-state index in [9.17, 15) is 4.79 Å². The van der Waals surface area contributed by atoms with E-state index in [0.29, 0.717) is 6.42 Å². The fourth-order valence-corrected chi connectivity index (χ4v) is 2.97. The van der Waals surface area contributed by atoms with Crippen molar-refractivity contribution in [3.8, 4) is 0 Å². The monoisotopic (exact) mass is 326 g/mol. The van der Waals surface area contributed by atoms with Crippen LogP contribution in [0.25, 0.3) is 0 Å². The van der Waals surface area contributed by atoms with E-state index in [1.807, 2.05) is 0 Å². The molecule has 0 radical (unpaired) electrons. The predicted molar refractivity (Wildman–Crippen MR) is 101 cm³/mol. The van der Waals surface area contributed by atoms with Crippen LogP contribution < -0.4 is 0 Å². The van der Waals surface area contributed by atoms with E-state index in [1.54, 1.807) is 0 Å². The first-order chi connectivity index (χ1) is 11.2. The third-order valence-corrected chi connectivity index (χ3v) is 4.62. The lowest BCUT2D eigenvalue weighted by molar-refractivity contribution is -0.149. The van der Waals surface area contributed by atoms with Gasteiger partial charge in [0.1, 0.15) is 6.10 Å². The molecule has 1 atom stereocenters. The summed E-state index contributed by atoms with van der Waals surface area (Å²) in [6.45, 7) is 6.60. The average molecular weight is 327 g/mol. The van der Waals surface area contributed by atoms with Gasteiger partial charge in [-0.05, 0) is 25.7 Å². The van der Waals surface area contributed by atoms with Crippen LogP contribution >= 0.6 is 0 Å². The minimum Gasteiger partial charge on any atom is -0.462 e. The van der Waals surface area contributed by atoms with E-state index in [4.69, 9.17) is 4.74 Å². The summed E-state index contributed by atoms with van der Waals surface area (Å²) in [5, 5.41) is 0. The fourth-order valence-electron chi connectivity index (χ4n) is 2.97. The van der Waals surface area contributed by atoms with Gasteiger partial charge in [-0.2, -0.15) is 0 Å². The number of carbonyl (C=O) groups is 1. The van der Waals surface area contributed by atoms with Crippen LogP contribution in [0, 0.1) is 0 Å². The van der Waals surface area contributed by atoms with Gasteiger partial charge in [-0.15, -0.1) is 0 Å². The van der Waals surface area contributed by atoms with Crippen molar-refractivity contribution in [1.29, 1.82) is 0 Å². The van der Waals surface area contributed by atoms with Gasteiger partial charge in [0.05, 0.1) is 0 Å². The maximum Gasteiger partial charge on any atom is 0.306 e. The molecule has 0 rings (SSSR count). The van der Waals surface area contributed by atoms with Gasteiger partial charge >= 0.3 is 5.97 Å². The predicted octanol–water partition coefficient (Wildman–Crippen LogP) is 7.20. The maximum atomic E-state index is 11.9. The Kier molecular flexibility index (Phi) is 17.4. The maximum absolute atomic E-state index is 11.9. The molecular formula is C21H42O2. The van der Waals surface area contributed by atoms with Crippen LogP contribution in [0.2, 0.25) is 0 Å². The molecule has 2 heteroatoms. The summed E-state index contributed by atoms with van der Waals surface area (Å²) in [5.41, 5.74) is 0. The molecule has 0 aliphatic carbocycles. The number of unbranched alkanes of at least 4 members (excludes halogenated alkanes) is 11. The van der Waals surface area contributed by atoms with E-state index in [1.165, 1.54) is 70.6 Å². The first-order valence-electron chi connectivity index (χ1n) is 10.4. The minimum absolute atomic E-state index is 0.0212. The van der Waals surface area contributed by atoms with Gasteiger partial charge in [0, 0.05) is 6.42 Å². The van der Waals surface area contributed by atoms with E-state index >= 15 is 0 Å². The largest absolute Gasteiger partial charge is 0.462 e. The molecule has 0 aromatic heterocycles. The number of hydrogen-bond donors (Lipinski definition) is 0. The van der Waals surface area contributed by atoms with Crippen LogP contribution in [0.15, 0.2) is 0 Å². The normalized spacial score (nSPS) is 12.3. The van der Waals surface area contributed by atoms with E-state index in [2.05, 4.69) is 20.8 Å². The number of ether oxygens (including phenoxy) is 1. The zero-order valence-corrected chi connectivity index (χ0v) is 16.2. The summed E-state index contributed by atoms with van der Waals surface area (Å²) < 4.78 is 5.63. The minimum atomic E-state index is 0.0212. The first kappa shape index (κ1) is 22.5. The first-order valence-corrected chi connectivity index (χ1v) is 10.4. The highest BCUT2D eigenvalue weighted by Crippen LogP contribution is 2.15. The molecule has 0 aliphatic heterocycles. The molecule has 1 unspecified atom stereocenters. The van der Waals surface area contributed by atoms with Gasteiger partial charge in [0.15, 0.2) is 0 Å². The van der Waals surface area contributed by atoms with Gasteiger partial charge in [-0.1, -0.05) is 91.4 Å². The molecular weight excluding hydrogens is 284 g/mol. The molecule has 0 saturated carbocycles. The topological polar surface area (TPSA) is 26.3 Å². The molecule has 0 heterocycles. The van der Waals surface area contributed by atoms with E-state index in [-0.39, 0.29) is 12.1 Å². The van der Waals surface area contributed by atoms with Crippen molar-refractivity contribution in [1.82, 2.24) is 0 Å². The van der Waals surface area contributed by atoms with Gasteiger partial charge in [-0.25, -0.2) is 0 Å². The molecule has 0 N–H and O–H groups in total. The highest BCUT2D eigenvalue weighted by atomic mass is 16.5. The quantitative estimate of drug-likeness (QED) is 0.209. The molecule has 0 saturated heterocycles. The van der Waals surface area contributed by atoms with Gasteiger partial charge in [0.25, 0.3) is 0 Å². The highest BCUT2D eigenvalue weighted by Gasteiger charge is 2.11. The Morgan fingerprint density at radius 1 is 0.696 bits per heavy atom. The second kappa shape index (κ2) is 17.8. The Hall–Kier alpha value is -0.530. The molecule has 0 aromatic rings. The lowest BCUT2D eigenvalue weighted by Crippen LogP contribution is -2.17. The van der Waals surface area contributed by atoms with Crippen LogP contribution in [-0.2, 0) is 9.53 Å². The Morgan fingerprint density at radius 3 is 1.70 bits per heavy atom. The van der Waals surface area contributed by atoms with Gasteiger partial charge < -0.3 is 4.74 Å². The fraction of sp³-hybridized carbons (Fsp3) is 0.952. The lowest BCUT2D eigenvalue weighted by atomic mass is 10.0. The Bertz CT molecular complexity index is 250. The number of esters is 1. The smallest absolute Gasteiger partial charge is 0.306 e. The molecule has 23 heavy (non-hydrogen) atoms. The molecule has 0 aliphatic rings. The summed E-state index contributed by atoms with van der Waals surface area (Å²) in [6, 6.07) is 0. The van der Waals surface area contributed by atoms with Crippen molar-refractivity contribution in [2.45, 2.75) is 130 Å².